The van der Waals surface area contributed by atoms with Crippen LogP contribution in [0.4, 0.5) is 22.0 Å². The van der Waals surface area contributed by atoms with Gasteiger partial charge in [-0.1, -0.05) is 170 Å². The van der Waals surface area contributed by atoms with E-state index in [2.05, 4.69) is 6.58 Å². The summed E-state index contributed by atoms with van der Waals surface area (Å²) >= 11 is 0. The van der Waals surface area contributed by atoms with Gasteiger partial charge in [-0.2, -0.15) is 8.78 Å². The van der Waals surface area contributed by atoms with E-state index in [1.807, 2.05) is 171 Å². The molecule has 6 aromatic carbocycles. The molecule has 11 atom stereocenters. The van der Waals surface area contributed by atoms with Gasteiger partial charge in [0.1, 0.15) is 23.9 Å². The van der Waals surface area contributed by atoms with Crippen LogP contribution < -0.4 is 4.74 Å². The zero-order valence-electron chi connectivity index (χ0n) is 45.0. The number of halogens is 5. The maximum atomic E-state index is 15.2. The summed E-state index contributed by atoms with van der Waals surface area (Å²) in [5, 5.41) is 0. The van der Waals surface area contributed by atoms with Gasteiger partial charge in [-0.3, -0.25) is 4.79 Å². The zero-order valence-corrected chi connectivity index (χ0v) is 45.0. The summed E-state index contributed by atoms with van der Waals surface area (Å²) in [6.45, 7) is 7.34. The lowest BCUT2D eigenvalue weighted by atomic mass is 9.82. The highest BCUT2D eigenvalue weighted by Crippen LogP contribution is 2.44. The standard InChI is InChI=1S/C65H67F5O11/c1-3-20-49-50(32-19-31-48(74-38-45-25-13-6-14-26-45)54(78-49)41-72-36-43-21-9-4-10-22-43)77-52-34-56(76-40-47-29-17-8-18-30-47)65(2)57(79-53(52)35-58(71)80-64-62(69)60(67)59(66)61(68)63(64)70)33-51(75-39-46-27-15-7-16-28-46)55(81-65)42-73-37-44-23-11-5-12-24-44/h3-19,21-30,32,48-57H,1,20,31,33-42H2,2H3/b32-19-/t48-,49-,50+,51+,52-,53+,54+,55-,56-,57-,65+/m1/s1. The molecule has 0 amide bonds. The number of hydrogen-bond donors (Lipinski definition) is 0. The Morgan fingerprint density at radius 3 is 1.54 bits per heavy atom. The predicted octanol–water partition coefficient (Wildman–Crippen LogP) is 12.6. The van der Waals surface area contributed by atoms with E-state index in [1.165, 1.54) is 0 Å². The first-order valence-electron chi connectivity index (χ1n) is 27.3. The zero-order chi connectivity index (χ0) is 56.6. The number of rotatable bonds is 24. The van der Waals surface area contributed by atoms with E-state index in [1.54, 1.807) is 6.08 Å². The first-order chi connectivity index (χ1) is 39.4. The molecule has 0 saturated carbocycles. The Balaban J connectivity index is 1.07. The summed E-state index contributed by atoms with van der Waals surface area (Å²) < 4.78 is 140. The number of ether oxygens (including phenoxy) is 10. The van der Waals surface area contributed by atoms with E-state index in [4.69, 9.17) is 47.4 Å². The quantitative estimate of drug-likeness (QED) is 0.0144. The van der Waals surface area contributed by atoms with Crippen molar-refractivity contribution in [1.29, 1.82) is 0 Å². The Morgan fingerprint density at radius 1 is 0.556 bits per heavy atom. The van der Waals surface area contributed by atoms with Crippen LogP contribution in [-0.4, -0.2) is 85.8 Å². The molecule has 16 heteroatoms. The van der Waals surface area contributed by atoms with Gasteiger partial charge in [0.05, 0.1) is 95.4 Å². The van der Waals surface area contributed by atoms with E-state index in [0.717, 1.165) is 27.8 Å². The lowest BCUT2D eigenvalue weighted by molar-refractivity contribution is -0.284. The van der Waals surface area contributed by atoms with Crippen LogP contribution in [0.5, 0.6) is 5.75 Å². The highest BCUT2D eigenvalue weighted by molar-refractivity contribution is 5.73. The molecule has 3 aliphatic heterocycles. The number of carbonyl (C=O) groups is 1. The topological polar surface area (TPSA) is 109 Å². The molecule has 0 radical (unpaired) electrons. The lowest BCUT2D eigenvalue weighted by Gasteiger charge is -2.50. The second kappa shape index (κ2) is 29.0. The average Bonchev–Trinajstić information content (AvgIpc) is 3.94. The fourth-order valence-corrected chi connectivity index (χ4v) is 10.4. The molecule has 6 aromatic rings. The van der Waals surface area contributed by atoms with Crippen LogP contribution in [0.25, 0.3) is 0 Å². The van der Waals surface area contributed by atoms with E-state index in [-0.39, 0.29) is 52.3 Å². The summed E-state index contributed by atoms with van der Waals surface area (Å²) in [4.78, 5) is 14.2. The summed E-state index contributed by atoms with van der Waals surface area (Å²) in [7, 11) is 0. The van der Waals surface area contributed by atoms with Crippen molar-refractivity contribution in [3.63, 3.8) is 0 Å². The molecule has 0 aromatic heterocycles. The summed E-state index contributed by atoms with van der Waals surface area (Å²) in [6, 6.07) is 48.3. The van der Waals surface area contributed by atoms with Crippen LogP contribution in [0, 0.1) is 29.1 Å². The van der Waals surface area contributed by atoms with Gasteiger partial charge in [-0.05, 0) is 47.6 Å². The monoisotopic (exact) mass is 1120 g/mol. The van der Waals surface area contributed by atoms with Gasteiger partial charge in [-0.25, -0.2) is 13.2 Å². The highest BCUT2D eigenvalue weighted by Gasteiger charge is 2.57. The van der Waals surface area contributed by atoms with Crippen molar-refractivity contribution in [2.45, 2.75) is 139 Å². The van der Waals surface area contributed by atoms with Gasteiger partial charge >= 0.3 is 5.97 Å². The van der Waals surface area contributed by atoms with Gasteiger partial charge in [-0.15, -0.1) is 6.58 Å². The van der Waals surface area contributed by atoms with Crippen molar-refractivity contribution in [3.05, 3.63) is 233 Å². The fraction of sp³-hybridized carbons (Fsp3) is 0.369. The molecule has 0 N–H and O–H groups in total. The lowest BCUT2D eigenvalue weighted by Crippen LogP contribution is -2.62. The van der Waals surface area contributed by atoms with Gasteiger partial charge in [0.25, 0.3) is 0 Å². The summed E-state index contributed by atoms with van der Waals surface area (Å²) in [5.74, 6) is -14.7. The Bertz CT molecular complexity index is 2920. The Labute approximate surface area is 469 Å². The smallest absolute Gasteiger partial charge is 0.314 e. The summed E-state index contributed by atoms with van der Waals surface area (Å²) in [6.07, 6.45) is -2.97. The average molecular weight is 1120 g/mol. The van der Waals surface area contributed by atoms with Crippen molar-refractivity contribution in [3.8, 4) is 5.75 Å². The van der Waals surface area contributed by atoms with Crippen LogP contribution in [0.15, 0.2) is 176 Å². The van der Waals surface area contributed by atoms with Crippen LogP contribution in [0.2, 0.25) is 0 Å². The third-order valence-corrected chi connectivity index (χ3v) is 14.7. The number of benzene rings is 6. The van der Waals surface area contributed by atoms with E-state index in [0.29, 0.717) is 19.6 Å². The molecule has 2 saturated heterocycles. The molecule has 11 nitrogen and oxygen atoms in total. The van der Waals surface area contributed by atoms with Crippen molar-refractivity contribution < 1.29 is 74.1 Å². The normalized spacial score (nSPS) is 26.1. The molecule has 0 spiro atoms. The van der Waals surface area contributed by atoms with Crippen molar-refractivity contribution >= 4 is 5.97 Å². The number of esters is 1. The molecular formula is C65H67F5O11. The van der Waals surface area contributed by atoms with Crippen molar-refractivity contribution in [2.24, 2.45) is 0 Å². The second-order valence-corrected chi connectivity index (χ2v) is 20.5. The molecule has 2 fully saturated rings. The molecular weight excluding hydrogens is 1050 g/mol. The molecule has 0 bridgehead atoms. The van der Waals surface area contributed by atoms with Crippen molar-refractivity contribution in [2.75, 3.05) is 13.2 Å². The molecule has 0 unspecified atom stereocenters. The molecule has 81 heavy (non-hydrogen) atoms. The first kappa shape index (κ1) is 59.2. The third kappa shape index (κ3) is 15.8. The highest BCUT2D eigenvalue weighted by atomic mass is 19.2. The number of carbonyl (C=O) groups excluding carboxylic acids is 1. The van der Waals surface area contributed by atoms with Gasteiger partial charge in [0.15, 0.2) is 0 Å². The third-order valence-electron chi connectivity index (χ3n) is 14.7. The molecule has 0 aliphatic carbocycles. The van der Waals surface area contributed by atoms with E-state index in [9.17, 15) is 18.0 Å². The molecule has 3 aliphatic rings. The minimum Gasteiger partial charge on any atom is -0.420 e. The Kier molecular flexibility index (Phi) is 21.2. The van der Waals surface area contributed by atoms with Crippen LogP contribution in [-0.2, 0) is 80.5 Å². The van der Waals surface area contributed by atoms with Gasteiger partial charge in [0.2, 0.25) is 34.8 Å². The second-order valence-electron chi connectivity index (χ2n) is 20.5. The minimum absolute atomic E-state index is 0.0228. The van der Waals surface area contributed by atoms with Crippen LogP contribution >= 0.6 is 0 Å². The van der Waals surface area contributed by atoms with Gasteiger partial charge < -0.3 is 47.4 Å². The van der Waals surface area contributed by atoms with E-state index >= 15 is 8.78 Å². The molecule has 428 valence electrons. The summed E-state index contributed by atoms with van der Waals surface area (Å²) in [5.41, 5.74) is 3.28. The largest absolute Gasteiger partial charge is 0.420 e. The minimum atomic E-state index is -2.40. The Morgan fingerprint density at radius 2 is 1.02 bits per heavy atom. The maximum Gasteiger partial charge on any atom is 0.314 e. The number of hydrogen-bond acceptors (Lipinski definition) is 11. The van der Waals surface area contributed by atoms with Crippen LogP contribution in [0.3, 0.4) is 0 Å². The molecule has 9 rings (SSSR count). The Hall–Kier alpha value is -6.44. The van der Waals surface area contributed by atoms with Gasteiger partial charge in [0, 0.05) is 12.8 Å². The van der Waals surface area contributed by atoms with Crippen LogP contribution in [0.1, 0.15) is 66.8 Å². The van der Waals surface area contributed by atoms with Crippen molar-refractivity contribution in [1.82, 2.24) is 0 Å². The molecule has 3 heterocycles. The fourth-order valence-electron chi connectivity index (χ4n) is 10.4. The maximum absolute atomic E-state index is 15.2. The first-order valence-corrected chi connectivity index (χ1v) is 27.3. The predicted molar refractivity (Wildman–Crippen MR) is 291 cm³/mol. The number of fused-ring (bicyclic) bond motifs is 1. The van der Waals surface area contributed by atoms with E-state index < -0.39 is 114 Å². The SMILES string of the molecule is C=CC[C@H]1O[C@@H](COCc2ccccc2)[C@H](OCc2ccccc2)C/C=C\[C@@H]1O[C@@H]1C[C@@H](OCc2ccccc2)[C@]2(C)O[C@H](COCc3ccccc3)[C@@H](OCc3ccccc3)C[C@H]2O[C@H]1CC(=O)Oc1c(F)c(F)c(F)c(F)c1F.